The SMILES string of the molecule is C[C@H](NC(=O)Cn1c(=O)[nH]c2cccc(F)c2c1=O)c1ncc(C#N)cn1. The Hall–Kier alpha value is -3.87. The summed E-state index contributed by atoms with van der Waals surface area (Å²) in [6.45, 7) is 1.01. The van der Waals surface area contributed by atoms with Crippen molar-refractivity contribution in [3.05, 3.63) is 68.6 Å². The fraction of sp³-hybridized carbons (Fsp3) is 0.176. The highest BCUT2D eigenvalue weighted by Gasteiger charge is 2.17. The molecule has 0 unspecified atom stereocenters. The zero-order valence-electron chi connectivity index (χ0n) is 14.1. The van der Waals surface area contributed by atoms with Crippen LogP contribution >= 0.6 is 0 Å². The van der Waals surface area contributed by atoms with Gasteiger partial charge in [0.2, 0.25) is 5.91 Å². The Kier molecular flexibility index (Phi) is 4.76. The number of aromatic nitrogens is 4. The van der Waals surface area contributed by atoms with E-state index < -0.39 is 35.6 Å². The summed E-state index contributed by atoms with van der Waals surface area (Å²) in [5.41, 5.74) is -1.39. The molecule has 1 aromatic carbocycles. The van der Waals surface area contributed by atoms with E-state index in [0.717, 1.165) is 6.07 Å². The van der Waals surface area contributed by atoms with Crippen LogP contribution in [-0.4, -0.2) is 25.4 Å². The summed E-state index contributed by atoms with van der Waals surface area (Å²) in [6, 6.07) is 5.11. The average Bonchev–Trinajstić information content (AvgIpc) is 2.65. The number of aromatic amines is 1. The van der Waals surface area contributed by atoms with Crippen LogP contribution in [0.1, 0.15) is 24.4 Å². The van der Waals surface area contributed by atoms with E-state index in [1.165, 1.54) is 24.5 Å². The molecule has 3 aromatic rings. The Morgan fingerprint density at radius 2 is 2.07 bits per heavy atom. The number of rotatable bonds is 4. The highest BCUT2D eigenvalue weighted by molar-refractivity contribution is 5.79. The summed E-state index contributed by atoms with van der Waals surface area (Å²) >= 11 is 0. The van der Waals surface area contributed by atoms with Gasteiger partial charge in [0, 0.05) is 12.4 Å². The standard InChI is InChI=1S/C17H13FN6O3/c1-9(15-20-6-10(5-19)7-21-15)22-13(25)8-24-16(26)14-11(18)3-2-4-12(14)23-17(24)27/h2-4,6-7,9H,8H2,1H3,(H,22,25)(H,23,27)/t9-/m0/s1. The Balaban J connectivity index is 1.83. The maximum Gasteiger partial charge on any atom is 0.329 e. The van der Waals surface area contributed by atoms with Crippen LogP contribution in [0.4, 0.5) is 4.39 Å². The highest BCUT2D eigenvalue weighted by atomic mass is 19.1. The Morgan fingerprint density at radius 3 is 2.74 bits per heavy atom. The van der Waals surface area contributed by atoms with Crippen molar-refractivity contribution in [1.29, 1.82) is 5.26 Å². The van der Waals surface area contributed by atoms with Crippen molar-refractivity contribution >= 4 is 16.8 Å². The zero-order valence-corrected chi connectivity index (χ0v) is 14.1. The minimum Gasteiger partial charge on any atom is -0.345 e. The molecule has 2 aromatic heterocycles. The molecule has 2 N–H and O–H groups in total. The van der Waals surface area contributed by atoms with Crippen LogP contribution in [0.2, 0.25) is 0 Å². The number of nitriles is 1. The Bertz CT molecular complexity index is 1180. The number of halogens is 1. The Morgan fingerprint density at radius 1 is 1.37 bits per heavy atom. The third kappa shape index (κ3) is 3.57. The van der Waals surface area contributed by atoms with Gasteiger partial charge in [-0.25, -0.2) is 19.2 Å². The number of benzene rings is 1. The molecule has 0 saturated carbocycles. The summed E-state index contributed by atoms with van der Waals surface area (Å²) in [7, 11) is 0. The Labute approximate surface area is 151 Å². The normalized spacial score (nSPS) is 11.7. The van der Waals surface area contributed by atoms with Gasteiger partial charge in [0.15, 0.2) is 0 Å². The topological polar surface area (TPSA) is 134 Å². The lowest BCUT2D eigenvalue weighted by atomic mass is 10.2. The molecule has 0 aliphatic rings. The minimum absolute atomic E-state index is 0.0565. The van der Waals surface area contributed by atoms with Gasteiger partial charge < -0.3 is 10.3 Å². The largest absolute Gasteiger partial charge is 0.345 e. The lowest BCUT2D eigenvalue weighted by Gasteiger charge is -2.13. The van der Waals surface area contributed by atoms with Crippen molar-refractivity contribution in [2.45, 2.75) is 19.5 Å². The number of nitrogens with zero attached hydrogens (tertiary/aromatic N) is 4. The van der Waals surface area contributed by atoms with Gasteiger partial charge in [-0.05, 0) is 19.1 Å². The molecule has 0 aliphatic carbocycles. The van der Waals surface area contributed by atoms with Crippen molar-refractivity contribution in [2.24, 2.45) is 0 Å². The van der Waals surface area contributed by atoms with E-state index in [1.807, 2.05) is 6.07 Å². The number of amides is 1. The van der Waals surface area contributed by atoms with Gasteiger partial charge in [0.1, 0.15) is 24.3 Å². The fourth-order valence-corrected chi connectivity index (χ4v) is 2.51. The maximum absolute atomic E-state index is 13.9. The van der Waals surface area contributed by atoms with Gasteiger partial charge in [0.05, 0.1) is 22.5 Å². The number of nitrogens with one attached hydrogen (secondary N) is 2. The van der Waals surface area contributed by atoms with Crippen LogP contribution in [0.3, 0.4) is 0 Å². The van der Waals surface area contributed by atoms with Gasteiger partial charge in [-0.15, -0.1) is 0 Å². The van der Waals surface area contributed by atoms with Crippen LogP contribution < -0.4 is 16.6 Å². The highest BCUT2D eigenvalue weighted by Crippen LogP contribution is 2.09. The van der Waals surface area contributed by atoms with Gasteiger partial charge in [-0.1, -0.05) is 6.07 Å². The molecule has 2 heterocycles. The van der Waals surface area contributed by atoms with Crippen molar-refractivity contribution in [1.82, 2.24) is 24.8 Å². The monoisotopic (exact) mass is 368 g/mol. The number of fused-ring (bicyclic) bond motifs is 1. The van der Waals surface area contributed by atoms with Crippen molar-refractivity contribution < 1.29 is 9.18 Å². The molecule has 136 valence electrons. The van der Waals surface area contributed by atoms with E-state index in [9.17, 15) is 18.8 Å². The summed E-state index contributed by atoms with van der Waals surface area (Å²) in [4.78, 5) is 47.0. The molecule has 0 aliphatic heterocycles. The quantitative estimate of drug-likeness (QED) is 0.683. The van der Waals surface area contributed by atoms with Crippen molar-refractivity contribution in [2.75, 3.05) is 0 Å². The zero-order chi connectivity index (χ0) is 19.6. The first-order valence-electron chi connectivity index (χ1n) is 7.83. The van der Waals surface area contributed by atoms with E-state index in [4.69, 9.17) is 5.26 Å². The van der Waals surface area contributed by atoms with E-state index >= 15 is 0 Å². The third-order valence-electron chi connectivity index (χ3n) is 3.83. The predicted molar refractivity (Wildman–Crippen MR) is 92.1 cm³/mol. The summed E-state index contributed by atoms with van der Waals surface area (Å²) < 4.78 is 14.5. The molecule has 0 saturated heterocycles. The molecule has 0 radical (unpaired) electrons. The molecule has 9 nitrogen and oxygen atoms in total. The minimum atomic E-state index is -0.899. The second-order valence-corrected chi connectivity index (χ2v) is 5.71. The van der Waals surface area contributed by atoms with Crippen molar-refractivity contribution in [3.8, 4) is 6.07 Å². The van der Waals surface area contributed by atoms with Gasteiger partial charge >= 0.3 is 5.69 Å². The molecule has 0 bridgehead atoms. The van der Waals surface area contributed by atoms with Crippen LogP contribution in [0.15, 0.2) is 40.2 Å². The van der Waals surface area contributed by atoms with Crippen LogP contribution in [0.25, 0.3) is 10.9 Å². The number of H-pyrrole nitrogens is 1. The average molecular weight is 368 g/mol. The number of carbonyl (C=O) groups excluding carboxylic acids is 1. The first kappa shape index (κ1) is 17.9. The summed E-state index contributed by atoms with van der Waals surface area (Å²) in [6.07, 6.45) is 2.62. The number of carbonyl (C=O) groups is 1. The summed E-state index contributed by atoms with van der Waals surface area (Å²) in [5.74, 6) is -1.19. The van der Waals surface area contributed by atoms with Crippen LogP contribution in [0.5, 0.6) is 0 Å². The number of hydrogen-bond donors (Lipinski definition) is 2. The number of hydrogen-bond acceptors (Lipinski definition) is 6. The van der Waals surface area contributed by atoms with E-state index in [2.05, 4.69) is 20.3 Å². The molecule has 1 atom stereocenters. The smallest absolute Gasteiger partial charge is 0.329 e. The third-order valence-corrected chi connectivity index (χ3v) is 3.83. The van der Waals surface area contributed by atoms with Crippen molar-refractivity contribution in [3.63, 3.8) is 0 Å². The molecule has 1 amide bonds. The molecular formula is C17H13FN6O3. The lowest BCUT2D eigenvalue weighted by molar-refractivity contribution is -0.122. The van der Waals surface area contributed by atoms with Crippen LogP contribution in [0, 0.1) is 17.1 Å². The summed E-state index contributed by atoms with van der Waals surface area (Å²) in [5, 5.41) is 11.0. The fourth-order valence-electron chi connectivity index (χ4n) is 2.51. The van der Waals surface area contributed by atoms with E-state index in [1.54, 1.807) is 6.92 Å². The van der Waals surface area contributed by atoms with Gasteiger partial charge in [-0.3, -0.25) is 14.2 Å². The van der Waals surface area contributed by atoms with Gasteiger partial charge in [-0.2, -0.15) is 5.26 Å². The molecule has 0 spiro atoms. The van der Waals surface area contributed by atoms with E-state index in [-0.39, 0.29) is 22.3 Å². The molecule has 27 heavy (non-hydrogen) atoms. The molecule has 10 heteroatoms. The van der Waals surface area contributed by atoms with Gasteiger partial charge in [0.25, 0.3) is 5.56 Å². The molecule has 3 rings (SSSR count). The molecule has 0 fully saturated rings. The first-order valence-corrected chi connectivity index (χ1v) is 7.83. The first-order chi connectivity index (χ1) is 12.9. The molecular weight excluding hydrogens is 355 g/mol. The van der Waals surface area contributed by atoms with E-state index in [0.29, 0.717) is 4.57 Å². The second-order valence-electron chi connectivity index (χ2n) is 5.71. The predicted octanol–water partition coefficient (Wildman–Crippen LogP) is 0.368. The van der Waals surface area contributed by atoms with Crippen LogP contribution in [-0.2, 0) is 11.3 Å². The lowest BCUT2D eigenvalue weighted by Crippen LogP contribution is -2.41. The second kappa shape index (κ2) is 7.17. The maximum atomic E-state index is 13.9.